The van der Waals surface area contributed by atoms with Gasteiger partial charge >= 0.3 is 0 Å². The van der Waals surface area contributed by atoms with Gasteiger partial charge in [0, 0.05) is 28.1 Å². The Morgan fingerprint density at radius 3 is 1.64 bits per heavy atom. The van der Waals surface area contributed by atoms with E-state index in [0.29, 0.717) is 0 Å². The van der Waals surface area contributed by atoms with Crippen LogP contribution in [0.25, 0.3) is 11.1 Å². The highest BCUT2D eigenvalue weighted by molar-refractivity contribution is 5.80. The Hall–Kier alpha value is -3.36. The molecule has 0 radical (unpaired) electrons. The Morgan fingerprint density at radius 2 is 1.03 bits per heavy atom. The molecule has 0 saturated heterocycles. The van der Waals surface area contributed by atoms with E-state index in [1.54, 1.807) is 0 Å². The zero-order valence-corrected chi connectivity index (χ0v) is 20.2. The Morgan fingerprint density at radius 1 is 0.515 bits per heavy atom. The number of nitrogens with zero attached hydrogens (tertiary/aromatic N) is 2. The fourth-order valence-electron chi connectivity index (χ4n) is 5.25. The SMILES string of the molecule is CN1C(C)(C)c2ccc(-c3cccc(N(c4ccccc4)c4ccccc4)c3)cc2C1(C)C. The zero-order valence-electron chi connectivity index (χ0n) is 20.2. The number of hydrogen-bond donors (Lipinski definition) is 0. The highest BCUT2D eigenvalue weighted by atomic mass is 15.2. The largest absolute Gasteiger partial charge is 0.310 e. The van der Waals surface area contributed by atoms with Gasteiger partial charge in [-0.25, -0.2) is 0 Å². The smallest absolute Gasteiger partial charge is 0.0467 e. The van der Waals surface area contributed by atoms with Crippen LogP contribution in [0.3, 0.4) is 0 Å². The van der Waals surface area contributed by atoms with Crippen molar-refractivity contribution in [1.82, 2.24) is 4.90 Å². The molecule has 0 N–H and O–H groups in total. The summed E-state index contributed by atoms with van der Waals surface area (Å²) in [7, 11) is 2.23. The Bertz CT molecular complexity index is 1230. The van der Waals surface area contributed by atoms with Crippen molar-refractivity contribution in [2.45, 2.75) is 38.8 Å². The van der Waals surface area contributed by atoms with Crippen LogP contribution >= 0.6 is 0 Å². The number of rotatable bonds is 4. The lowest BCUT2D eigenvalue weighted by molar-refractivity contribution is 0.0730. The molecule has 0 fully saturated rings. The maximum atomic E-state index is 2.48. The van der Waals surface area contributed by atoms with E-state index < -0.39 is 0 Å². The highest BCUT2D eigenvalue weighted by Gasteiger charge is 2.46. The minimum atomic E-state index is -0.00737. The maximum absolute atomic E-state index is 2.48. The minimum Gasteiger partial charge on any atom is -0.310 e. The summed E-state index contributed by atoms with van der Waals surface area (Å²) >= 11 is 0. The first-order valence-corrected chi connectivity index (χ1v) is 11.7. The van der Waals surface area contributed by atoms with Gasteiger partial charge in [-0.1, -0.05) is 60.7 Å². The molecule has 2 nitrogen and oxygen atoms in total. The monoisotopic (exact) mass is 432 g/mol. The Kier molecular flexibility index (Phi) is 5.14. The average Bonchev–Trinajstić information content (AvgIpc) is 2.97. The summed E-state index contributed by atoms with van der Waals surface area (Å²) in [6, 6.07) is 37.0. The molecule has 0 unspecified atom stereocenters. The Labute approximate surface area is 198 Å². The van der Waals surface area contributed by atoms with Gasteiger partial charge in [-0.15, -0.1) is 0 Å². The molecule has 0 aromatic heterocycles. The molecule has 1 heterocycles. The third-order valence-corrected chi connectivity index (χ3v) is 7.48. The van der Waals surface area contributed by atoms with Crippen LogP contribution in [0, 0.1) is 0 Å². The van der Waals surface area contributed by atoms with Gasteiger partial charge in [-0.2, -0.15) is 0 Å². The van der Waals surface area contributed by atoms with E-state index in [4.69, 9.17) is 0 Å². The molecule has 1 aliphatic rings. The van der Waals surface area contributed by atoms with Crippen molar-refractivity contribution >= 4 is 17.1 Å². The molecule has 4 aromatic rings. The van der Waals surface area contributed by atoms with Gasteiger partial charge in [-0.05, 0) is 99.5 Å². The van der Waals surface area contributed by atoms with Gasteiger partial charge < -0.3 is 4.90 Å². The molecular formula is C31H32N2. The summed E-state index contributed by atoms with van der Waals surface area (Å²) in [6.07, 6.45) is 0. The lowest BCUT2D eigenvalue weighted by atomic mass is 9.88. The van der Waals surface area contributed by atoms with E-state index in [9.17, 15) is 0 Å². The molecular weight excluding hydrogens is 400 g/mol. The van der Waals surface area contributed by atoms with Crippen LogP contribution in [0.15, 0.2) is 103 Å². The fraction of sp³-hybridized carbons (Fsp3) is 0.226. The van der Waals surface area contributed by atoms with Gasteiger partial charge in [0.1, 0.15) is 0 Å². The van der Waals surface area contributed by atoms with Crippen LogP contribution in [-0.4, -0.2) is 11.9 Å². The topological polar surface area (TPSA) is 6.48 Å². The second-order valence-electron chi connectivity index (χ2n) is 9.99. The number of hydrogen-bond acceptors (Lipinski definition) is 2. The lowest BCUT2D eigenvalue weighted by Crippen LogP contribution is -2.42. The lowest BCUT2D eigenvalue weighted by Gasteiger charge is -2.37. The number of fused-ring (bicyclic) bond motifs is 1. The van der Waals surface area contributed by atoms with Crippen LogP contribution in [0.4, 0.5) is 17.1 Å². The predicted molar refractivity (Wildman–Crippen MR) is 140 cm³/mol. The number of para-hydroxylation sites is 2. The van der Waals surface area contributed by atoms with Crippen molar-refractivity contribution in [3.63, 3.8) is 0 Å². The molecule has 5 rings (SSSR count). The second-order valence-corrected chi connectivity index (χ2v) is 9.99. The molecule has 0 aliphatic carbocycles. The number of anilines is 3. The van der Waals surface area contributed by atoms with Crippen molar-refractivity contribution in [3.8, 4) is 11.1 Å². The molecule has 2 heteroatoms. The van der Waals surface area contributed by atoms with Crippen molar-refractivity contribution in [2.24, 2.45) is 0 Å². The second kappa shape index (κ2) is 7.90. The van der Waals surface area contributed by atoms with Crippen molar-refractivity contribution in [2.75, 3.05) is 11.9 Å². The van der Waals surface area contributed by atoms with E-state index >= 15 is 0 Å². The summed E-state index contributed by atoms with van der Waals surface area (Å²) in [6.45, 7) is 9.29. The molecule has 33 heavy (non-hydrogen) atoms. The summed E-state index contributed by atoms with van der Waals surface area (Å²) in [5.74, 6) is 0. The summed E-state index contributed by atoms with van der Waals surface area (Å²) < 4.78 is 0. The Balaban J connectivity index is 1.61. The first kappa shape index (κ1) is 21.5. The van der Waals surface area contributed by atoms with Crippen LogP contribution in [0.2, 0.25) is 0 Å². The van der Waals surface area contributed by atoms with E-state index in [-0.39, 0.29) is 11.1 Å². The van der Waals surface area contributed by atoms with Crippen LogP contribution < -0.4 is 4.90 Å². The molecule has 166 valence electrons. The summed E-state index contributed by atoms with van der Waals surface area (Å²) in [5, 5.41) is 0. The first-order valence-electron chi connectivity index (χ1n) is 11.7. The minimum absolute atomic E-state index is 0.00737. The van der Waals surface area contributed by atoms with E-state index in [1.165, 1.54) is 22.3 Å². The first-order chi connectivity index (χ1) is 15.8. The predicted octanol–water partition coefficient (Wildman–Crippen LogP) is 8.24. The highest BCUT2D eigenvalue weighted by Crippen LogP contribution is 2.49. The molecule has 0 amide bonds. The van der Waals surface area contributed by atoms with Gasteiger partial charge in [0.15, 0.2) is 0 Å². The molecule has 0 atom stereocenters. The third-order valence-electron chi connectivity index (χ3n) is 7.48. The van der Waals surface area contributed by atoms with Gasteiger partial charge in [0.2, 0.25) is 0 Å². The van der Waals surface area contributed by atoms with Crippen molar-refractivity contribution in [3.05, 3.63) is 114 Å². The summed E-state index contributed by atoms with van der Waals surface area (Å²) in [4.78, 5) is 4.80. The van der Waals surface area contributed by atoms with Crippen molar-refractivity contribution in [1.29, 1.82) is 0 Å². The van der Waals surface area contributed by atoms with Gasteiger partial charge in [-0.3, -0.25) is 4.90 Å². The van der Waals surface area contributed by atoms with Crippen LogP contribution in [-0.2, 0) is 11.1 Å². The molecule has 0 spiro atoms. The molecule has 1 aliphatic heterocycles. The third kappa shape index (κ3) is 3.55. The molecule has 4 aromatic carbocycles. The normalized spacial score (nSPS) is 16.4. The standard InChI is InChI=1S/C31H32N2/c1-30(2)28-20-19-24(22-29(28)31(3,4)32(30)5)23-13-12-18-27(21-23)33(25-14-8-6-9-15-25)26-16-10-7-11-17-26/h6-22H,1-5H3. The molecule has 0 saturated carbocycles. The zero-order chi connectivity index (χ0) is 23.2. The quantitative estimate of drug-likeness (QED) is 0.320. The van der Waals surface area contributed by atoms with Gasteiger partial charge in [0.05, 0.1) is 0 Å². The van der Waals surface area contributed by atoms with Gasteiger partial charge in [0.25, 0.3) is 0 Å². The number of benzene rings is 4. The van der Waals surface area contributed by atoms with E-state index in [0.717, 1.165) is 17.1 Å². The average molecular weight is 433 g/mol. The van der Waals surface area contributed by atoms with E-state index in [2.05, 4.69) is 148 Å². The van der Waals surface area contributed by atoms with Crippen LogP contribution in [0.1, 0.15) is 38.8 Å². The fourth-order valence-corrected chi connectivity index (χ4v) is 5.25. The molecule has 0 bridgehead atoms. The van der Waals surface area contributed by atoms with Crippen LogP contribution in [0.5, 0.6) is 0 Å². The van der Waals surface area contributed by atoms with Crippen molar-refractivity contribution < 1.29 is 0 Å². The van der Waals surface area contributed by atoms with E-state index in [1.807, 2.05) is 0 Å². The maximum Gasteiger partial charge on any atom is 0.0467 e. The summed E-state index contributed by atoms with van der Waals surface area (Å²) in [5.41, 5.74) is 8.81.